The predicted molar refractivity (Wildman–Crippen MR) is 64.6 cm³/mol. The number of hydrogen-bond acceptors (Lipinski definition) is 2. The second kappa shape index (κ2) is 3.66. The van der Waals surface area contributed by atoms with Gasteiger partial charge in [-0.1, -0.05) is 42.0 Å². The van der Waals surface area contributed by atoms with Crippen molar-refractivity contribution >= 4 is 11.6 Å². The van der Waals surface area contributed by atoms with Gasteiger partial charge in [0.2, 0.25) is 11.6 Å². The van der Waals surface area contributed by atoms with Crippen molar-refractivity contribution in [2.75, 3.05) is 0 Å². The van der Waals surface area contributed by atoms with Crippen LogP contribution in [-0.4, -0.2) is 11.6 Å². The molecule has 3 aliphatic rings. The molecule has 1 saturated carbocycles. The maximum absolute atomic E-state index is 11.9. The van der Waals surface area contributed by atoms with Crippen LogP contribution in [-0.2, 0) is 9.59 Å². The molecule has 2 bridgehead atoms. The number of ketones is 2. The minimum atomic E-state index is -0.227. The Balaban J connectivity index is 2.03. The summed E-state index contributed by atoms with van der Waals surface area (Å²) in [5.41, 5.74) is 2.25. The van der Waals surface area contributed by atoms with Crippen LogP contribution < -0.4 is 0 Å². The molecule has 1 aromatic rings. The molecule has 0 N–H and O–H groups in total. The van der Waals surface area contributed by atoms with Gasteiger partial charge in [-0.25, -0.2) is 0 Å². The lowest BCUT2D eigenvalue weighted by Crippen LogP contribution is -2.43. The van der Waals surface area contributed by atoms with Crippen LogP contribution in [0, 0.1) is 11.8 Å². The molecule has 0 aromatic heterocycles. The first-order valence-corrected chi connectivity index (χ1v) is 6.00. The normalized spacial score (nSPS) is 31.6. The van der Waals surface area contributed by atoms with Gasteiger partial charge < -0.3 is 0 Å². The maximum atomic E-state index is 11.9. The highest BCUT2D eigenvalue weighted by Crippen LogP contribution is 2.45. The molecule has 17 heavy (non-hydrogen) atoms. The molecule has 4 rings (SSSR count). The minimum Gasteiger partial charge on any atom is -0.290 e. The van der Waals surface area contributed by atoms with Crippen molar-refractivity contribution < 1.29 is 9.59 Å². The molecule has 86 valence electrons. The molecule has 0 radical (unpaired) electrons. The fraction of sp³-hybridized carbons (Fsp3) is 0.333. The molecule has 0 saturated heterocycles. The van der Waals surface area contributed by atoms with E-state index < -0.39 is 0 Å². The van der Waals surface area contributed by atoms with Gasteiger partial charge in [0, 0.05) is 5.92 Å². The van der Waals surface area contributed by atoms with E-state index in [1.54, 1.807) is 0 Å². The molecule has 0 heterocycles. The fourth-order valence-corrected chi connectivity index (χ4v) is 3.05. The highest BCUT2D eigenvalue weighted by molar-refractivity contribution is 6.41. The zero-order valence-corrected chi connectivity index (χ0v) is 9.72. The van der Waals surface area contributed by atoms with E-state index in [4.69, 9.17) is 0 Å². The molecule has 2 heteroatoms. The number of fused-ring (bicyclic) bond motifs is 2. The highest BCUT2D eigenvalue weighted by atomic mass is 16.2. The van der Waals surface area contributed by atoms with Gasteiger partial charge in [0.05, 0.1) is 5.92 Å². The summed E-state index contributed by atoms with van der Waals surface area (Å²) in [4.78, 5) is 23.7. The molecule has 3 aliphatic carbocycles. The highest BCUT2D eigenvalue weighted by Gasteiger charge is 2.46. The van der Waals surface area contributed by atoms with Crippen LogP contribution in [0.2, 0.25) is 0 Å². The summed E-state index contributed by atoms with van der Waals surface area (Å²) < 4.78 is 0. The van der Waals surface area contributed by atoms with E-state index in [0.29, 0.717) is 0 Å². The summed E-state index contributed by atoms with van der Waals surface area (Å²) in [7, 11) is 0. The molecule has 0 amide bonds. The van der Waals surface area contributed by atoms with Crippen LogP contribution in [0.15, 0.2) is 42.0 Å². The Labute approximate surface area is 100 Å². The smallest absolute Gasteiger partial charge is 0.206 e. The van der Waals surface area contributed by atoms with Crippen LogP contribution in [0.4, 0.5) is 0 Å². The third kappa shape index (κ3) is 1.47. The van der Waals surface area contributed by atoms with Crippen LogP contribution in [0.1, 0.15) is 24.8 Å². The Kier molecular flexibility index (Phi) is 2.25. The summed E-state index contributed by atoms with van der Waals surface area (Å²) in [6.45, 7) is 1.96. The second-order valence-corrected chi connectivity index (χ2v) is 4.97. The summed E-state index contributed by atoms with van der Waals surface area (Å²) in [5, 5.41) is 0. The molecule has 3 atom stereocenters. The molecule has 0 spiro atoms. The third-order valence-corrected chi connectivity index (χ3v) is 4.01. The SMILES string of the molecule is CC1=CC2C(=O)C(=O)C1CC2c1ccccc1. The van der Waals surface area contributed by atoms with Gasteiger partial charge in [0.25, 0.3) is 0 Å². The van der Waals surface area contributed by atoms with Crippen LogP contribution in [0.25, 0.3) is 0 Å². The average molecular weight is 226 g/mol. The zero-order valence-electron chi connectivity index (χ0n) is 9.72. The Morgan fingerprint density at radius 3 is 2.47 bits per heavy atom. The summed E-state index contributed by atoms with van der Waals surface area (Å²) in [6, 6.07) is 10.0. The molecular weight excluding hydrogens is 212 g/mol. The predicted octanol–water partition coefficient (Wildman–Crippen LogP) is 2.50. The van der Waals surface area contributed by atoms with Gasteiger partial charge >= 0.3 is 0 Å². The third-order valence-electron chi connectivity index (χ3n) is 4.01. The van der Waals surface area contributed by atoms with Crippen molar-refractivity contribution in [3.05, 3.63) is 47.5 Å². The van der Waals surface area contributed by atoms with Gasteiger partial charge in [-0.15, -0.1) is 0 Å². The number of benzene rings is 1. The summed E-state index contributed by atoms with van der Waals surface area (Å²) in [5.74, 6) is -0.578. The lowest BCUT2D eigenvalue weighted by Gasteiger charge is -2.38. The van der Waals surface area contributed by atoms with E-state index in [2.05, 4.69) is 0 Å². The van der Waals surface area contributed by atoms with E-state index in [0.717, 1.165) is 12.0 Å². The number of Topliss-reactive ketones (excluding diaryl/α,β-unsaturated/α-hetero) is 2. The van der Waals surface area contributed by atoms with E-state index in [1.807, 2.05) is 43.3 Å². The van der Waals surface area contributed by atoms with Gasteiger partial charge in [-0.3, -0.25) is 9.59 Å². The largest absolute Gasteiger partial charge is 0.290 e. The number of rotatable bonds is 1. The first-order valence-electron chi connectivity index (χ1n) is 6.00. The zero-order chi connectivity index (χ0) is 12.0. The van der Waals surface area contributed by atoms with Gasteiger partial charge in [0.1, 0.15) is 0 Å². The van der Waals surface area contributed by atoms with Crippen molar-refractivity contribution in [1.29, 1.82) is 0 Å². The summed E-state index contributed by atoms with van der Waals surface area (Å²) in [6.07, 6.45) is 2.79. The molecule has 1 aromatic carbocycles. The second-order valence-electron chi connectivity index (χ2n) is 4.97. The van der Waals surface area contributed by atoms with E-state index in [9.17, 15) is 9.59 Å². The number of allylic oxidation sites excluding steroid dienone is 2. The Bertz CT molecular complexity index is 513. The minimum absolute atomic E-state index is 0.169. The molecular formula is C15H14O2. The topological polar surface area (TPSA) is 34.1 Å². The summed E-state index contributed by atoms with van der Waals surface area (Å²) >= 11 is 0. The molecule has 2 nitrogen and oxygen atoms in total. The van der Waals surface area contributed by atoms with Gasteiger partial charge in [-0.2, -0.15) is 0 Å². The molecule has 3 unspecified atom stereocenters. The van der Waals surface area contributed by atoms with Crippen molar-refractivity contribution in [2.45, 2.75) is 19.3 Å². The van der Waals surface area contributed by atoms with E-state index in [-0.39, 0.29) is 29.3 Å². The number of carbonyl (C=O) groups is 2. The Morgan fingerprint density at radius 2 is 1.76 bits per heavy atom. The first-order chi connectivity index (χ1) is 8.18. The quantitative estimate of drug-likeness (QED) is 0.544. The van der Waals surface area contributed by atoms with Gasteiger partial charge in [-0.05, 0) is 24.8 Å². The monoisotopic (exact) mass is 226 g/mol. The van der Waals surface area contributed by atoms with Crippen molar-refractivity contribution in [2.24, 2.45) is 11.8 Å². The standard InChI is InChI=1S/C15H14O2/c1-9-7-13-12(10-5-3-2-4-6-10)8-11(9)14(16)15(13)17/h2-7,11-13H,8H2,1H3. The number of hydrogen-bond donors (Lipinski definition) is 0. The van der Waals surface area contributed by atoms with E-state index >= 15 is 0 Å². The lowest BCUT2D eigenvalue weighted by atomic mass is 9.63. The average Bonchev–Trinajstić information content (AvgIpc) is 2.36. The lowest BCUT2D eigenvalue weighted by molar-refractivity contribution is -0.143. The van der Waals surface area contributed by atoms with Crippen LogP contribution in [0.3, 0.4) is 0 Å². The van der Waals surface area contributed by atoms with Crippen molar-refractivity contribution in [3.63, 3.8) is 0 Å². The van der Waals surface area contributed by atoms with Crippen molar-refractivity contribution in [3.8, 4) is 0 Å². The van der Waals surface area contributed by atoms with Crippen molar-refractivity contribution in [1.82, 2.24) is 0 Å². The fourth-order valence-electron chi connectivity index (χ4n) is 3.05. The molecule has 1 fully saturated rings. The van der Waals surface area contributed by atoms with E-state index in [1.165, 1.54) is 5.56 Å². The number of carbonyl (C=O) groups excluding carboxylic acids is 2. The Hall–Kier alpha value is -1.70. The van der Waals surface area contributed by atoms with Crippen LogP contribution in [0.5, 0.6) is 0 Å². The first kappa shape index (κ1) is 10.5. The maximum Gasteiger partial charge on any atom is 0.206 e. The Morgan fingerprint density at radius 1 is 1.06 bits per heavy atom. The molecule has 0 aliphatic heterocycles. The van der Waals surface area contributed by atoms with Crippen LogP contribution >= 0.6 is 0 Å². The van der Waals surface area contributed by atoms with Gasteiger partial charge in [0.15, 0.2) is 0 Å².